The van der Waals surface area contributed by atoms with E-state index in [9.17, 15) is 4.79 Å². The van der Waals surface area contributed by atoms with Crippen LogP contribution in [0.2, 0.25) is 0 Å². The molecule has 1 aliphatic carbocycles. The lowest BCUT2D eigenvalue weighted by molar-refractivity contribution is -0.119. The van der Waals surface area contributed by atoms with E-state index in [1.54, 1.807) is 0 Å². The van der Waals surface area contributed by atoms with Crippen molar-refractivity contribution in [2.45, 2.75) is 44.9 Å². The monoisotopic (exact) mass is 285 g/mol. The quantitative estimate of drug-likeness (QED) is 0.783. The van der Waals surface area contributed by atoms with Gasteiger partial charge in [-0.3, -0.25) is 0 Å². The Morgan fingerprint density at radius 2 is 2.10 bits per heavy atom. The van der Waals surface area contributed by atoms with Crippen molar-refractivity contribution in [2.24, 2.45) is 11.3 Å². The number of aldehydes is 1. The van der Waals surface area contributed by atoms with Crippen molar-refractivity contribution >= 4 is 6.29 Å². The molecule has 2 nitrogen and oxygen atoms in total. The predicted octanol–water partition coefficient (Wildman–Crippen LogP) is 3.87. The second-order valence-electron chi connectivity index (χ2n) is 7.31. The SMILES string of the molecule is CC1CCCC(C=O)(CN2CCC(c3ccccc3)C2)C1. The molecule has 0 amide bonds. The van der Waals surface area contributed by atoms with E-state index in [0.29, 0.717) is 11.8 Å². The number of likely N-dealkylation sites (tertiary alicyclic amines) is 1. The zero-order valence-corrected chi connectivity index (χ0v) is 13.1. The summed E-state index contributed by atoms with van der Waals surface area (Å²) in [6, 6.07) is 10.8. The Morgan fingerprint density at radius 3 is 2.81 bits per heavy atom. The second-order valence-corrected chi connectivity index (χ2v) is 7.31. The highest BCUT2D eigenvalue weighted by Crippen LogP contribution is 2.40. The lowest BCUT2D eigenvalue weighted by Crippen LogP contribution is -2.41. The molecular weight excluding hydrogens is 258 g/mol. The smallest absolute Gasteiger partial charge is 0.127 e. The van der Waals surface area contributed by atoms with Crippen LogP contribution in [0.5, 0.6) is 0 Å². The van der Waals surface area contributed by atoms with E-state index in [1.807, 2.05) is 0 Å². The van der Waals surface area contributed by atoms with Gasteiger partial charge < -0.3 is 9.69 Å². The Morgan fingerprint density at radius 1 is 1.29 bits per heavy atom. The molecule has 1 saturated heterocycles. The van der Waals surface area contributed by atoms with E-state index >= 15 is 0 Å². The Bertz CT molecular complexity index is 472. The fourth-order valence-corrected chi connectivity index (χ4v) is 4.41. The lowest BCUT2D eigenvalue weighted by atomic mass is 9.71. The van der Waals surface area contributed by atoms with Gasteiger partial charge in [0.2, 0.25) is 0 Å². The molecule has 1 heterocycles. The summed E-state index contributed by atoms with van der Waals surface area (Å²) in [5, 5.41) is 0. The number of rotatable bonds is 4. The molecule has 3 unspecified atom stereocenters. The lowest BCUT2D eigenvalue weighted by Gasteiger charge is -2.38. The average molecular weight is 285 g/mol. The standard InChI is InChI=1S/C19H27NO/c1-16-6-5-10-19(12-16,15-21)14-20-11-9-18(13-20)17-7-3-2-4-8-17/h2-4,7-8,15-16,18H,5-6,9-14H2,1H3. The molecule has 1 aliphatic heterocycles. The Hall–Kier alpha value is -1.15. The molecular formula is C19H27NO. The normalized spacial score (nSPS) is 34.0. The van der Waals surface area contributed by atoms with Crippen LogP contribution in [0.25, 0.3) is 0 Å². The number of carbonyl (C=O) groups excluding carboxylic acids is 1. The Kier molecular flexibility index (Phi) is 4.44. The highest BCUT2D eigenvalue weighted by molar-refractivity contribution is 5.60. The van der Waals surface area contributed by atoms with Crippen LogP contribution in [-0.4, -0.2) is 30.8 Å². The predicted molar refractivity (Wildman–Crippen MR) is 86.4 cm³/mol. The molecule has 21 heavy (non-hydrogen) atoms. The minimum absolute atomic E-state index is 0.0662. The van der Waals surface area contributed by atoms with Crippen molar-refractivity contribution in [2.75, 3.05) is 19.6 Å². The molecule has 2 fully saturated rings. The summed E-state index contributed by atoms with van der Waals surface area (Å²) < 4.78 is 0. The highest BCUT2D eigenvalue weighted by Gasteiger charge is 2.38. The maximum absolute atomic E-state index is 11.7. The van der Waals surface area contributed by atoms with Crippen LogP contribution < -0.4 is 0 Å². The molecule has 0 N–H and O–H groups in total. The van der Waals surface area contributed by atoms with Crippen molar-refractivity contribution in [1.82, 2.24) is 4.90 Å². The number of hydrogen-bond acceptors (Lipinski definition) is 2. The Labute approximate surface area is 128 Å². The maximum atomic E-state index is 11.7. The van der Waals surface area contributed by atoms with Crippen molar-refractivity contribution in [3.8, 4) is 0 Å². The van der Waals surface area contributed by atoms with Gasteiger partial charge in [0, 0.05) is 18.5 Å². The van der Waals surface area contributed by atoms with Crippen LogP contribution in [0.1, 0.15) is 50.5 Å². The third-order valence-corrected chi connectivity index (χ3v) is 5.46. The van der Waals surface area contributed by atoms with Gasteiger partial charge in [0.1, 0.15) is 6.29 Å². The van der Waals surface area contributed by atoms with E-state index in [1.165, 1.54) is 31.1 Å². The molecule has 1 saturated carbocycles. The van der Waals surface area contributed by atoms with Crippen LogP contribution in [0.3, 0.4) is 0 Å². The summed E-state index contributed by atoms with van der Waals surface area (Å²) >= 11 is 0. The molecule has 3 atom stereocenters. The van der Waals surface area contributed by atoms with Crippen LogP contribution in [0.4, 0.5) is 0 Å². The molecule has 2 heteroatoms. The molecule has 0 spiro atoms. The van der Waals surface area contributed by atoms with Gasteiger partial charge in [-0.05, 0) is 43.2 Å². The van der Waals surface area contributed by atoms with E-state index in [2.05, 4.69) is 42.2 Å². The number of hydrogen-bond donors (Lipinski definition) is 0. The van der Waals surface area contributed by atoms with Gasteiger partial charge in [0.25, 0.3) is 0 Å². The average Bonchev–Trinajstić information content (AvgIpc) is 2.96. The summed E-state index contributed by atoms with van der Waals surface area (Å²) in [5.74, 6) is 1.35. The van der Waals surface area contributed by atoms with Crippen molar-refractivity contribution in [1.29, 1.82) is 0 Å². The molecule has 0 aromatic heterocycles. The zero-order valence-electron chi connectivity index (χ0n) is 13.1. The molecule has 0 radical (unpaired) electrons. The highest BCUT2D eigenvalue weighted by atomic mass is 16.1. The summed E-state index contributed by atoms with van der Waals surface area (Å²) in [7, 11) is 0. The molecule has 114 valence electrons. The summed E-state index contributed by atoms with van der Waals surface area (Å²) in [6.07, 6.45) is 7.20. The van der Waals surface area contributed by atoms with Gasteiger partial charge in [-0.25, -0.2) is 0 Å². The summed E-state index contributed by atoms with van der Waals surface area (Å²) in [4.78, 5) is 14.3. The van der Waals surface area contributed by atoms with Gasteiger partial charge in [-0.15, -0.1) is 0 Å². The third kappa shape index (κ3) is 3.37. The van der Waals surface area contributed by atoms with Crippen molar-refractivity contribution < 1.29 is 4.79 Å². The largest absolute Gasteiger partial charge is 0.303 e. The van der Waals surface area contributed by atoms with Gasteiger partial charge >= 0.3 is 0 Å². The van der Waals surface area contributed by atoms with Crippen LogP contribution in [0, 0.1) is 11.3 Å². The van der Waals surface area contributed by atoms with E-state index in [4.69, 9.17) is 0 Å². The molecule has 0 bridgehead atoms. The van der Waals surface area contributed by atoms with Crippen molar-refractivity contribution in [3.63, 3.8) is 0 Å². The second kappa shape index (κ2) is 6.31. The van der Waals surface area contributed by atoms with Gasteiger partial charge in [0.05, 0.1) is 0 Å². The number of benzene rings is 1. The summed E-state index contributed by atoms with van der Waals surface area (Å²) in [6.45, 7) is 5.54. The van der Waals surface area contributed by atoms with Crippen LogP contribution in [-0.2, 0) is 4.79 Å². The molecule has 3 rings (SSSR count). The zero-order chi connectivity index (χ0) is 14.7. The fraction of sp³-hybridized carbons (Fsp3) is 0.632. The maximum Gasteiger partial charge on any atom is 0.127 e. The van der Waals surface area contributed by atoms with E-state index in [-0.39, 0.29) is 5.41 Å². The minimum Gasteiger partial charge on any atom is -0.303 e. The molecule has 1 aromatic carbocycles. The molecule has 1 aromatic rings. The minimum atomic E-state index is -0.0662. The third-order valence-electron chi connectivity index (χ3n) is 5.46. The van der Waals surface area contributed by atoms with Crippen LogP contribution in [0.15, 0.2) is 30.3 Å². The first-order valence-corrected chi connectivity index (χ1v) is 8.44. The first kappa shape index (κ1) is 14.8. The topological polar surface area (TPSA) is 20.3 Å². The number of nitrogens with zero attached hydrogens (tertiary/aromatic N) is 1. The first-order chi connectivity index (χ1) is 10.2. The van der Waals surface area contributed by atoms with Crippen molar-refractivity contribution in [3.05, 3.63) is 35.9 Å². The first-order valence-electron chi connectivity index (χ1n) is 8.44. The number of carbonyl (C=O) groups is 1. The van der Waals surface area contributed by atoms with E-state index < -0.39 is 0 Å². The van der Waals surface area contributed by atoms with Gasteiger partial charge in [-0.2, -0.15) is 0 Å². The molecule has 2 aliphatic rings. The van der Waals surface area contributed by atoms with Gasteiger partial charge in [0.15, 0.2) is 0 Å². The fourth-order valence-electron chi connectivity index (χ4n) is 4.41. The van der Waals surface area contributed by atoms with E-state index in [0.717, 1.165) is 32.5 Å². The van der Waals surface area contributed by atoms with Crippen LogP contribution >= 0.6 is 0 Å². The van der Waals surface area contributed by atoms with Gasteiger partial charge in [-0.1, -0.05) is 50.1 Å². The summed E-state index contributed by atoms with van der Waals surface area (Å²) in [5.41, 5.74) is 1.39. The Balaban J connectivity index is 1.62.